The first-order valence-corrected chi connectivity index (χ1v) is 7.58. The Hall–Kier alpha value is -2.08. The zero-order chi connectivity index (χ0) is 15.1. The Labute approximate surface area is 126 Å². The average molecular weight is 282 g/mol. The first-order chi connectivity index (χ1) is 10.2. The van der Waals surface area contributed by atoms with Gasteiger partial charge in [0.05, 0.1) is 6.07 Å². The van der Waals surface area contributed by atoms with Crippen LogP contribution in [0.25, 0.3) is 0 Å². The van der Waals surface area contributed by atoms with E-state index < -0.39 is 0 Å². The highest BCUT2D eigenvalue weighted by atomic mass is 16.3. The van der Waals surface area contributed by atoms with E-state index in [1.165, 1.54) is 5.56 Å². The molecule has 0 spiro atoms. The van der Waals surface area contributed by atoms with Crippen LogP contribution in [-0.4, -0.2) is 11.3 Å². The zero-order valence-electron chi connectivity index (χ0n) is 12.5. The maximum absolute atomic E-state index is 9.58. The van der Waals surface area contributed by atoms with Crippen molar-refractivity contribution in [1.29, 1.82) is 5.26 Å². The molecule has 1 aliphatic heterocycles. The van der Waals surface area contributed by atoms with Gasteiger partial charge in [-0.1, -0.05) is 31.4 Å². The molecule has 2 rings (SSSR count). The predicted octanol–water partition coefficient (Wildman–Crippen LogP) is 4.40. The Kier molecular flexibility index (Phi) is 5.16. The molecule has 0 bridgehead atoms. The number of aryl methyl sites for hydroxylation is 1. The molecule has 1 aromatic rings. The minimum Gasteiger partial charge on any atom is -0.508 e. The molecule has 0 aliphatic carbocycles. The standard InChI is InChI=1S/C18H22N2O/c1-15-14-16(21)8-9-17(15)18(11-7-13-20-18)10-5-3-2-4-6-12-19/h7-9,11,13-14,21H,2-6,10H2,1H3. The van der Waals surface area contributed by atoms with Gasteiger partial charge in [0.15, 0.2) is 0 Å². The summed E-state index contributed by atoms with van der Waals surface area (Å²) >= 11 is 0. The Balaban J connectivity index is 2.03. The minimum atomic E-state index is -0.271. The molecular formula is C18H22N2O. The van der Waals surface area contributed by atoms with Gasteiger partial charge in [0.1, 0.15) is 11.3 Å². The van der Waals surface area contributed by atoms with Crippen LogP contribution in [0.5, 0.6) is 5.75 Å². The molecule has 21 heavy (non-hydrogen) atoms. The highest BCUT2D eigenvalue weighted by Crippen LogP contribution is 2.38. The van der Waals surface area contributed by atoms with Gasteiger partial charge in [0.25, 0.3) is 0 Å². The summed E-state index contributed by atoms with van der Waals surface area (Å²) in [7, 11) is 0. The molecule has 1 N–H and O–H groups in total. The van der Waals surface area contributed by atoms with E-state index in [-0.39, 0.29) is 5.54 Å². The number of unbranched alkanes of at least 4 members (excludes halogenated alkanes) is 4. The number of hydrogen-bond donors (Lipinski definition) is 1. The van der Waals surface area contributed by atoms with E-state index in [0.29, 0.717) is 12.2 Å². The van der Waals surface area contributed by atoms with Crippen molar-refractivity contribution in [2.75, 3.05) is 0 Å². The summed E-state index contributed by atoms with van der Waals surface area (Å²) in [4.78, 5) is 4.69. The second-order valence-electron chi connectivity index (χ2n) is 5.63. The second kappa shape index (κ2) is 7.08. The van der Waals surface area contributed by atoms with E-state index in [9.17, 15) is 5.11 Å². The number of aliphatic imine (C=N–C) groups is 1. The van der Waals surface area contributed by atoms with Crippen molar-refractivity contribution in [2.24, 2.45) is 4.99 Å². The normalized spacial score (nSPS) is 19.8. The summed E-state index contributed by atoms with van der Waals surface area (Å²) in [6.45, 7) is 2.02. The van der Waals surface area contributed by atoms with Crippen LogP contribution in [0.2, 0.25) is 0 Å². The van der Waals surface area contributed by atoms with Crippen LogP contribution >= 0.6 is 0 Å². The van der Waals surface area contributed by atoms with Crippen LogP contribution < -0.4 is 0 Å². The summed E-state index contributed by atoms with van der Waals surface area (Å²) in [5, 5.41) is 18.1. The van der Waals surface area contributed by atoms with E-state index in [1.807, 2.05) is 25.3 Å². The van der Waals surface area contributed by atoms with Gasteiger partial charge in [0, 0.05) is 12.6 Å². The smallest absolute Gasteiger partial charge is 0.115 e. The largest absolute Gasteiger partial charge is 0.508 e. The fourth-order valence-corrected chi connectivity index (χ4v) is 2.95. The van der Waals surface area contributed by atoms with Crippen molar-refractivity contribution in [3.05, 3.63) is 41.5 Å². The number of benzene rings is 1. The third-order valence-electron chi connectivity index (χ3n) is 4.04. The molecule has 3 nitrogen and oxygen atoms in total. The van der Waals surface area contributed by atoms with Gasteiger partial charge in [-0.2, -0.15) is 5.26 Å². The second-order valence-corrected chi connectivity index (χ2v) is 5.63. The van der Waals surface area contributed by atoms with E-state index in [4.69, 9.17) is 10.3 Å². The fraction of sp³-hybridized carbons (Fsp3) is 0.444. The third-order valence-corrected chi connectivity index (χ3v) is 4.04. The summed E-state index contributed by atoms with van der Waals surface area (Å²) in [6.07, 6.45) is 12.0. The van der Waals surface area contributed by atoms with Crippen LogP contribution in [0.1, 0.15) is 49.7 Å². The number of rotatable bonds is 7. The molecule has 1 unspecified atom stereocenters. The first kappa shape index (κ1) is 15.3. The Morgan fingerprint density at radius 3 is 2.71 bits per heavy atom. The minimum absolute atomic E-state index is 0.271. The van der Waals surface area contributed by atoms with Gasteiger partial charge in [0.2, 0.25) is 0 Å². The number of hydrogen-bond acceptors (Lipinski definition) is 3. The SMILES string of the molecule is Cc1cc(O)ccc1C1(CCCCCCC#N)C=CC=N1. The van der Waals surface area contributed by atoms with E-state index >= 15 is 0 Å². The lowest BCUT2D eigenvalue weighted by atomic mass is 9.83. The quantitative estimate of drug-likeness (QED) is 0.753. The Bertz CT molecular complexity index is 569. The summed E-state index contributed by atoms with van der Waals surface area (Å²) < 4.78 is 0. The molecular weight excluding hydrogens is 260 g/mol. The van der Waals surface area contributed by atoms with Crippen molar-refractivity contribution in [2.45, 2.75) is 51.0 Å². The van der Waals surface area contributed by atoms with Crippen molar-refractivity contribution in [3.63, 3.8) is 0 Å². The molecule has 0 saturated carbocycles. The number of nitriles is 1. The molecule has 0 fully saturated rings. The van der Waals surface area contributed by atoms with E-state index in [0.717, 1.165) is 37.7 Å². The molecule has 0 aromatic heterocycles. The lowest BCUT2D eigenvalue weighted by Gasteiger charge is -2.27. The number of aromatic hydroxyl groups is 1. The van der Waals surface area contributed by atoms with Crippen LogP contribution in [0, 0.1) is 18.3 Å². The molecule has 1 atom stereocenters. The van der Waals surface area contributed by atoms with Crippen molar-refractivity contribution in [3.8, 4) is 11.8 Å². The van der Waals surface area contributed by atoms with Gasteiger partial charge in [-0.25, -0.2) is 0 Å². The molecule has 1 aromatic carbocycles. The lowest BCUT2D eigenvalue weighted by Crippen LogP contribution is -2.20. The summed E-state index contributed by atoms with van der Waals surface area (Å²) in [5.74, 6) is 0.300. The molecule has 110 valence electrons. The molecule has 0 radical (unpaired) electrons. The van der Waals surface area contributed by atoms with Crippen LogP contribution in [0.4, 0.5) is 0 Å². The van der Waals surface area contributed by atoms with Crippen molar-refractivity contribution >= 4 is 6.21 Å². The lowest BCUT2D eigenvalue weighted by molar-refractivity contribution is 0.465. The molecule has 1 aliphatic rings. The van der Waals surface area contributed by atoms with Crippen molar-refractivity contribution < 1.29 is 5.11 Å². The summed E-state index contributed by atoms with van der Waals surface area (Å²) in [6, 6.07) is 7.70. The van der Waals surface area contributed by atoms with Gasteiger partial charge in [-0.05, 0) is 49.1 Å². The van der Waals surface area contributed by atoms with Gasteiger partial charge < -0.3 is 5.11 Å². The highest BCUT2D eigenvalue weighted by molar-refractivity contribution is 5.76. The number of phenolic OH excluding ortho intramolecular Hbond substituents is 1. The Morgan fingerprint density at radius 1 is 1.24 bits per heavy atom. The van der Waals surface area contributed by atoms with Gasteiger partial charge in [-0.15, -0.1) is 0 Å². The monoisotopic (exact) mass is 282 g/mol. The van der Waals surface area contributed by atoms with E-state index in [2.05, 4.69) is 12.1 Å². The number of phenols is 1. The average Bonchev–Trinajstić information content (AvgIpc) is 2.92. The maximum Gasteiger partial charge on any atom is 0.115 e. The topological polar surface area (TPSA) is 56.4 Å². The van der Waals surface area contributed by atoms with Crippen LogP contribution in [-0.2, 0) is 5.54 Å². The van der Waals surface area contributed by atoms with Crippen LogP contribution in [0.15, 0.2) is 35.3 Å². The molecule has 3 heteroatoms. The highest BCUT2D eigenvalue weighted by Gasteiger charge is 2.31. The number of allylic oxidation sites excluding steroid dienone is 1. The predicted molar refractivity (Wildman–Crippen MR) is 85.5 cm³/mol. The van der Waals surface area contributed by atoms with Gasteiger partial charge >= 0.3 is 0 Å². The molecule has 0 saturated heterocycles. The summed E-state index contributed by atoms with van der Waals surface area (Å²) in [5.41, 5.74) is 1.97. The fourth-order valence-electron chi connectivity index (χ4n) is 2.95. The van der Waals surface area contributed by atoms with Crippen molar-refractivity contribution in [1.82, 2.24) is 0 Å². The number of nitrogens with zero attached hydrogens (tertiary/aromatic N) is 2. The Morgan fingerprint density at radius 2 is 2.05 bits per heavy atom. The first-order valence-electron chi connectivity index (χ1n) is 7.58. The van der Waals surface area contributed by atoms with Gasteiger partial charge in [-0.3, -0.25) is 4.99 Å². The third kappa shape index (κ3) is 3.72. The van der Waals surface area contributed by atoms with Crippen LogP contribution in [0.3, 0.4) is 0 Å². The zero-order valence-corrected chi connectivity index (χ0v) is 12.5. The van der Waals surface area contributed by atoms with E-state index in [1.54, 1.807) is 12.1 Å². The maximum atomic E-state index is 9.58. The molecule has 1 heterocycles. The molecule has 0 amide bonds.